The summed E-state index contributed by atoms with van der Waals surface area (Å²) in [7, 11) is 1.63. The molecule has 0 aliphatic heterocycles. The summed E-state index contributed by atoms with van der Waals surface area (Å²) in [6.45, 7) is 5.97. The zero-order valence-corrected chi connectivity index (χ0v) is 27.2. The minimum atomic E-state index is -1.29. The third-order valence-corrected chi connectivity index (χ3v) is 8.08. The van der Waals surface area contributed by atoms with Gasteiger partial charge in [0.2, 0.25) is 0 Å². The number of carboxylic acids is 2. The molecule has 0 heterocycles. The molecular weight excluding hydrogens is 624 g/mol. The molecule has 0 saturated heterocycles. The molecule has 10 nitrogen and oxygen atoms in total. The van der Waals surface area contributed by atoms with Crippen molar-refractivity contribution >= 4 is 35.1 Å². The van der Waals surface area contributed by atoms with E-state index in [0.717, 1.165) is 16.9 Å². The highest BCUT2D eigenvalue weighted by Crippen LogP contribution is 2.34. The second-order valence-corrected chi connectivity index (χ2v) is 11.8. The van der Waals surface area contributed by atoms with Crippen LogP contribution in [0.3, 0.4) is 0 Å². The van der Waals surface area contributed by atoms with Gasteiger partial charge in [-0.1, -0.05) is 61.9 Å². The highest BCUT2D eigenvalue weighted by atomic mass is 16.5. The van der Waals surface area contributed by atoms with Gasteiger partial charge in [0.15, 0.2) is 0 Å². The van der Waals surface area contributed by atoms with Gasteiger partial charge in [0, 0.05) is 16.7 Å². The summed E-state index contributed by atoms with van der Waals surface area (Å²) in [5.74, 6) is -2.40. The number of methoxy groups -OCH3 is 1. The van der Waals surface area contributed by atoms with E-state index >= 15 is 0 Å². The Labute approximate surface area is 283 Å². The third-order valence-electron chi connectivity index (χ3n) is 8.08. The normalized spacial score (nSPS) is 10.9. The average Bonchev–Trinajstić information content (AvgIpc) is 3.09. The molecule has 0 spiro atoms. The number of hydrogen-bond acceptors (Lipinski definition) is 6. The molecule has 0 fully saturated rings. The molecule has 49 heavy (non-hydrogen) atoms. The van der Waals surface area contributed by atoms with E-state index in [0.29, 0.717) is 17.0 Å². The first-order valence-corrected chi connectivity index (χ1v) is 15.2. The zero-order valence-electron chi connectivity index (χ0n) is 27.2. The molecule has 0 radical (unpaired) electrons. The fourth-order valence-corrected chi connectivity index (χ4v) is 5.23. The number of ether oxygens (including phenoxy) is 2. The first kappa shape index (κ1) is 33.9. The zero-order chi connectivity index (χ0) is 35.3. The van der Waals surface area contributed by atoms with Gasteiger partial charge in [0.05, 0.1) is 29.7 Å². The fraction of sp³-hybridized carbons (Fsp3) is 0.128. The molecule has 0 unspecified atom stereocenters. The summed E-state index contributed by atoms with van der Waals surface area (Å²) in [6.07, 6.45) is 0. The summed E-state index contributed by atoms with van der Waals surface area (Å²) in [5, 5.41) is 25.9. The van der Waals surface area contributed by atoms with Crippen LogP contribution in [0.25, 0.3) is 5.32 Å². The molecule has 10 heteroatoms. The number of anilines is 1. The maximum absolute atomic E-state index is 13.3. The van der Waals surface area contributed by atoms with E-state index < -0.39 is 23.8 Å². The maximum atomic E-state index is 13.3. The Morgan fingerprint density at radius 2 is 1.16 bits per heavy atom. The number of carbonyl (C=O) groups excluding carboxylic acids is 2. The number of aryl methyl sites for hydroxylation is 1. The highest BCUT2D eigenvalue weighted by Gasteiger charge is 2.23. The molecule has 0 aliphatic rings. The molecule has 5 rings (SSSR count). The van der Waals surface area contributed by atoms with Crippen molar-refractivity contribution < 1.29 is 38.9 Å². The predicted octanol–water partition coefficient (Wildman–Crippen LogP) is 8.62. The highest BCUT2D eigenvalue weighted by molar-refractivity contribution is 6.14. The standard InChI is InChI=1S/C39H34N2O8/c1-23-5-19-31(37(44)45)33(21-23)35(42)40-26-10-12-27(13-11-26)41-36(43)34-22-30(18-20-32(34)38(46)47)49-29-16-8-25(9-17-29)39(2,3)24-6-14-28(48-4)15-7-24/h5-22H,1-4H3,(H4,40,41,42,43,44,45,46,47)/p-1. The van der Waals surface area contributed by atoms with Gasteiger partial charge in [0.1, 0.15) is 17.2 Å². The van der Waals surface area contributed by atoms with Crippen LogP contribution in [0.2, 0.25) is 0 Å². The minimum absolute atomic E-state index is 0.0403. The predicted molar refractivity (Wildman–Crippen MR) is 185 cm³/mol. The number of amides is 2. The van der Waals surface area contributed by atoms with Crippen LogP contribution in [0.1, 0.15) is 72.0 Å². The molecule has 248 valence electrons. The SMILES string of the molecule is COc1ccc(C(C)(C)c2ccc(Oc3ccc(C(=O)O)c(C(=O)Nc4ccc([N-]C(=O)c5cc(C)ccc5C(=O)O)cc4)c3)cc2)cc1. The van der Waals surface area contributed by atoms with Crippen molar-refractivity contribution in [1.82, 2.24) is 0 Å². The summed E-state index contributed by atoms with van der Waals surface area (Å²) < 4.78 is 11.3. The molecule has 3 N–H and O–H groups in total. The third kappa shape index (κ3) is 7.77. The smallest absolute Gasteiger partial charge is 0.336 e. The van der Waals surface area contributed by atoms with Gasteiger partial charge < -0.3 is 35.1 Å². The molecule has 0 bridgehead atoms. The van der Waals surface area contributed by atoms with Crippen LogP contribution >= 0.6 is 0 Å². The number of aromatic carboxylic acids is 2. The van der Waals surface area contributed by atoms with E-state index in [1.807, 2.05) is 48.5 Å². The first-order valence-electron chi connectivity index (χ1n) is 15.2. The van der Waals surface area contributed by atoms with Crippen molar-refractivity contribution in [2.24, 2.45) is 0 Å². The molecule has 5 aromatic carbocycles. The van der Waals surface area contributed by atoms with Crippen molar-refractivity contribution in [1.29, 1.82) is 0 Å². The Kier molecular flexibility index (Phi) is 9.79. The number of hydrogen-bond donors (Lipinski definition) is 3. The van der Waals surface area contributed by atoms with Crippen molar-refractivity contribution in [3.05, 3.63) is 153 Å². The van der Waals surface area contributed by atoms with Crippen molar-refractivity contribution in [2.75, 3.05) is 12.4 Å². The lowest BCUT2D eigenvalue weighted by atomic mass is 9.78. The van der Waals surface area contributed by atoms with E-state index in [9.17, 15) is 29.4 Å². The van der Waals surface area contributed by atoms with Gasteiger partial charge in [-0.05, 0) is 84.8 Å². The van der Waals surface area contributed by atoms with Gasteiger partial charge >= 0.3 is 11.9 Å². The number of rotatable bonds is 11. The molecule has 0 aromatic heterocycles. The molecule has 0 aliphatic carbocycles. The number of carboxylic acid groups (broad SMARTS) is 2. The van der Waals surface area contributed by atoms with E-state index in [-0.39, 0.29) is 39.1 Å². The van der Waals surface area contributed by atoms with Gasteiger partial charge in [-0.25, -0.2) is 9.59 Å². The Morgan fingerprint density at radius 1 is 0.633 bits per heavy atom. The summed E-state index contributed by atoms with van der Waals surface area (Å²) in [6, 6.07) is 29.9. The van der Waals surface area contributed by atoms with Crippen LogP contribution in [0.4, 0.5) is 11.4 Å². The monoisotopic (exact) mass is 657 g/mol. The summed E-state index contributed by atoms with van der Waals surface area (Å²) in [4.78, 5) is 49.6. The Hall–Kier alpha value is -6.42. The van der Waals surface area contributed by atoms with Crippen molar-refractivity contribution in [2.45, 2.75) is 26.2 Å². The van der Waals surface area contributed by atoms with Crippen LogP contribution in [0, 0.1) is 6.92 Å². The number of nitrogens with zero attached hydrogens (tertiary/aromatic N) is 1. The summed E-state index contributed by atoms with van der Waals surface area (Å²) in [5.41, 5.74) is 2.59. The Morgan fingerprint density at radius 3 is 1.73 bits per heavy atom. The van der Waals surface area contributed by atoms with E-state index in [4.69, 9.17) is 9.47 Å². The fourth-order valence-electron chi connectivity index (χ4n) is 5.23. The number of carbonyl (C=O) groups is 4. The number of nitrogens with one attached hydrogen (secondary N) is 1. The quantitative estimate of drug-likeness (QED) is 0.128. The van der Waals surface area contributed by atoms with Gasteiger partial charge in [-0.3, -0.25) is 4.79 Å². The van der Waals surface area contributed by atoms with Crippen LogP contribution in [-0.4, -0.2) is 41.1 Å². The van der Waals surface area contributed by atoms with Crippen molar-refractivity contribution in [3.63, 3.8) is 0 Å². The average molecular weight is 658 g/mol. The van der Waals surface area contributed by atoms with E-state index in [1.165, 1.54) is 54.6 Å². The lowest BCUT2D eigenvalue weighted by Crippen LogP contribution is -2.18. The number of benzene rings is 5. The van der Waals surface area contributed by atoms with Gasteiger partial charge in [-0.2, -0.15) is 0 Å². The lowest BCUT2D eigenvalue weighted by molar-refractivity contribution is 0.0683. The first-order chi connectivity index (χ1) is 23.3. The maximum Gasteiger partial charge on any atom is 0.336 e. The molecule has 2 amide bonds. The minimum Gasteiger partial charge on any atom is -0.623 e. The second kappa shape index (κ2) is 14.1. The second-order valence-electron chi connectivity index (χ2n) is 11.8. The van der Waals surface area contributed by atoms with E-state index in [2.05, 4.69) is 24.5 Å². The Bertz CT molecular complexity index is 2030. The van der Waals surface area contributed by atoms with Crippen LogP contribution in [0.15, 0.2) is 109 Å². The van der Waals surface area contributed by atoms with Crippen LogP contribution in [0.5, 0.6) is 17.2 Å². The Balaban J connectivity index is 1.28. The van der Waals surface area contributed by atoms with Gasteiger partial charge in [-0.15, -0.1) is 5.69 Å². The molecule has 5 aromatic rings. The molecular formula is C39H33N2O8-. The van der Waals surface area contributed by atoms with Crippen LogP contribution < -0.4 is 14.8 Å². The van der Waals surface area contributed by atoms with Crippen molar-refractivity contribution in [3.8, 4) is 17.2 Å². The van der Waals surface area contributed by atoms with E-state index in [1.54, 1.807) is 20.1 Å². The van der Waals surface area contributed by atoms with Crippen LogP contribution in [-0.2, 0) is 5.41 Å². The topological polar surface area (TPSA) is 153 Å². The molecule has 0 saturated carbocycles. The lowest BCUT2D eigenvalue weighted by Gasteiger charge is -2.26. The van der Waals surface area contributed by atoms with Gasteiger partial charge in [0.25, 0.3) is 5.91 Å². The molecule has 0 atom stereocenters. The summed E-state index contributed by atoms with van der Waals surface area (Å²) >= 11 is 0. The largest absolute Gasteiger partial charge is 0.623 e.